The molecule has 1 aromatic rings. The number of benzene rings is 1. The van der Waals surface area contributed by atoms with E-state index in [-0.39, 0.29) is 12.6 Å². The highest BCUT2D eigenvalue weighted by Gasteiger charge is 2.34. The minimum Gasteiger partial charge on any atom is -0.314 e. The molecule has 1 unspecified atom stereocenters. The molecule has 8 heteroatoms. The van der Waals surface area contributed by atoms with E-state index >= 15 is 0 Å². The highest BCUT2D eigenvalue weighted by atomic mass is 32.2. The van der Waals surface area contributed by atoms with E-state index in [2.05, 4.69) is 5.32 Å². The molecule has 4 nitrogen and oxygen atoms in total. The van der Waals surface area contributed by atoms with Crippen molar-refractivity contribution in [3.05, 3.63) is 29.6 Å². The topological polar surface area (TPSA) is 49.4 Å². The Bertz CT molecular complexity index is 592. The van der Waals surface area contributed by atoms with Gasteiger partial charge in [-0.3, -0.25) is 0 Å². The average Bonchev–Trinajstić information content (AvgIpc) is 2.36. The Morgan fingerprint density at radius 1 is 1.26 bits per heavy atom. The summed E-state index contributed by atoms with van der Waals surface area (Å²) < 4.78 is 65.2. The first kappa shape index (κ1) is 14.3. The lowest BCUT2D eigenvalue weighted by atomic mass is 10.3. The lowest BCUT2D eigenvalue weighted by Gasteiger charge is -2.32. The van der Waals surface area contributed by atoms with Crippen molar-refractivity contribution in [3.63, 3.8) is 0 Å². The smallest absolute Gasteiger partial charge is 0.246 e. The van der Waals surface area contributed by atoms with Gasteiger partial charge >= 0.3 is 0 Å². The van der Waals surface area contributed by atoms with Crippen LogP contribution >= 0.6 is 0 Å². The molecule has 1 fully saturated rings. The molecular formula is C11H13F3N2O2S. The molecule has 1 saturated heterocycles. The third-order valence-corrected chi connectivity index (χ3v) is 5.06. The first-order valence-electron chi connectivity index (χ1n) is 5.71. The molecule has 0 spiro atoms. The van der Waals surface area contributed by atoms with Gasteiger partial charge in [0.05, 0.1) is 0 Å². The third-order valence-electron chi connectivity index (χ3n) is 3.03. The average molecular weight is 294 g/mol. The van der Waals surface area contributed by atoms with Gasteiger partial charge in [-0.1, -0.05) is 0 Å². The molecular weight excluding hydrogens is 281 g/mol. The van der Waals surface area contributed by atoms with E-state index in [4.69, 9.17) is 0 Å². The molecule has 2 rings (SSSR count). The van der Waals surface area contributed by atoms with Crippen LogP contribution in [0.25, 0.3) is 0 Å². The molecule has 0 aromatic heterocycles. The monoisotopic (exact) mass is 294 g/mol. The summed E-state index contributed by atoms with van der Waals surface area (Å²) in [5, 5.41) is 2.99. The van der Waals surface area contributed by atoms with Crippen molar-refractivity contribution >= 4 is 10.0 Å². The largest absolute Gasteiger partial charge is 0.314 e. The van der Waals surface area contributed by atoms with Crippen LogP contribution in [0.3, 0.4) is 0 Å². The lowest BCUT2D eigenvalue weighted by Crippen LogP contribution is -2.52. The van der Waals surface area contributed by atoms with Gasteiger partial charge in [0.15, 0.2) is 17.5 Å². The van der Waals surface area contributed by atoms with Crippen molar-refractivity contribution in [2.24, 2.45) is 0 Å². The predicted octanol–water partition coefficient (Wildman–Crippen LogP) is 1.09. The summed E-state index contributed by atoms with van der Waals surface area (Å²) >= 11 is 0. The molecule has 1 N–H and O–H groups in total. The number of hydrogen-bond acceptors (Lipinski definition) is 3. The number of nitrogens with one attached hydrogen (secondary N) is 1. The Balaban J connectivity index is 2.48. The molecule has 0 amide bonds. The van der Waals surface area contributed by atoms with Crippen LogP contribution < -0.4 is 5.32 Å². The zero-order chi connectivity index (χ0) is 14.2. The van der Waals surface area contributed by atoms with E-state index < -0.39 is 32.4 Å². The first-order valence-corrected chi connectivity index (χ1v) is 7.15. The van der Waals surface area contributed by atoms with Crippen LogP contribution in [-0.2, 0) is 10.0 Å². The molecule has 1 atom stereocenters. The number of nitrogens with zero attached hydrogens (tertiary/aromatic N) is 1. The van der Waals surface area contributed by atoms with Gasteiger partial charge in [-0.2, -0.15) is 4.31 Å². The Kier molecular flexibility index (Phi) is 3.84. The summed E-state index contributed by atoms with van der Waals surface area (Å²) in [6.07, 6.45) is 0. The Labute approximate surface area is 109 Å². The Morgan fingerprint density at radius 2 is 1.95 bits per heavy atom. The van der Waals surface area contributed by atoms with Gasteiger partial charge in [0.2, 0.25) is 10.0 Å². The summed E-state index contributed by atoms with van der Waals surface area (Å²) in [6.45, 7) is 2.66. The zero-order valence-corrected chi connectivity index (χ0v) is 11.0. The summed E-state index contributed by atoms with van der Waals surface area (Å²) in [7, 11) is -4.17. The van der Waals surface area contributed by atoms with Gasteiger partial charge in [-0.15, -0.1) is 0 Å². The van der Waals surface area contributed by atoms with Crippen molar-refractivity contribution in [1.82, 2.24) is 9.62 Å². The maximum Gasteiger partial charge on any atom is 0.246 e. The van der Waals surface area contributed by atoms with Gasteiger partial charge in [-0.05, 0) is 19.1 Å². The number of rotatable bonds is 2. The molecule has 106 valence electrons. The zero-order valence-electron chi connectivity index (χ0n) is 10.2. The third kappa shape index (κ3) is 2.47. The summed E-state index contributed by atoms with van der Waals surface area (Å²) in [5.74, 6) is -4.86. The molecule has 1 aliphatic rings. The number of hydrogen-bond donors (Lipinski definition) is 1. The van der Waals surface area contributed by atoms with Gasteiger partial charge in [0.25, 0.3) is 0 Å². The van der Waals surface area contributed by atoms with E-state index in [9.17, 15) is 21.6 Å². The molecule has 0 aliphatic carbocycles. The fraction of sp³-hybridized carbons (Fsp3) is 0.455. The number of halogens is 3. The minimum atomic E-state index is -4.17. The van der Waals surface area contributed by atoms with E-state index in [1.54, 1.807) is 6.92 Å². The standard InChI is InChI=1S/C11H13F3N2O2S/c1-7-6-15-4-5-16(7)19(17,18)9-3-2-8(12)10(13)11(9)14/h2-3,7,15H,4-6H2,1H3. The van der Waals surface area contributed by atoms with E-state index in [1.165, 1.54) is 0 Å². The quantitative estimate of drug-likeness (QED) is 0.831. The van der Waals surface area contributed by atoms with Crippen LogP contribution in [0.15, 0.2) is 17.0 Å². The normalized spacial score (nSPS) is 21.6. The van der Waals surface area contributed by atoms with Gasteiger partial charge < -0.3 is 5.32 Å². The van der Waals surface area contributed by atoms with Gasteiger partial charge in [0.1, 0.15) is 4.90 Å². The highest BCUT2D eigenvalue weighted by Crippen LogP contribution is 2.24. The molecule has 19 heavy (non-hydrogen) atoms. The molecule has 0 saturated carbocycles. The SMILES string of the molecule is CC1CNCCN1S(=O)(=O)c1ccc(F)c(F)c1F. The van der Waals surface area contributed by atoms with Crippen LogP contribution in [0.1, 0.15) is 6.92 Å². The predicted molar refractivity (Wildman–Crippen MR) is 62.5 cm³/mol. The fourth-order valence-corrected chi connectivity index (χ4v) is 3.70. The van der Waals surface area contributed by atoms with Crippen molar-refractivity contribution in [1.29, 1.82) is 0 Å². The first-order chi connectivity index (χ1) is 8.85. The van der Waals surface area contributed by atoms with Crippen molar-refractivity contribution < 1.29 is 21.6 Å². The minimum absolute atomic E-state index is 0.155. The highest BCUT2D eigenvalue weighted by molar-refractivity contribution is 7.89. The second-order valence-corrected chi connectivity index (χ2v) is 6.20. The van der Waals surface area contributed by atoms with Crippen molar-refractivity contribution in [3.8, 4) is 0 Å². The molecule has 1 aromatic carbocycles. The Hall–Kier alpha value is -1.12. The van der Waals surface area contributed by atoms with Crippen LogP contribution in [0.5, 0.6) is 0 Å². The number of sulfonamides is 1. The number of piperazine rings is 1. The summed E-state index contributed by atoms with van der Waals surface area (Å²) in [6, 6.07) is 0.974. The molecule has 1 heterocycles. The second-order valence-electron chi connectivity index (χ2n) is 4.34. The molecule has 1 aliphatic heterocycles. The molecule has 0 bridgehead atoms. The van der Waals surface area contributed by atoms with Gasteiger partial charge in [0, 0.05) is 25.7 Å². The molecule has 0 radical (unpaired) electrons. The Morgan fingerprint density at radius 3 is 2.58 bits per heavy atom. The lowest BCUT2D eigenvalue weighted by molar-refractivity contribution is 0.282. The van der Waals surface area contributed by atoms with E-state index in [1.807, 2.05) is 0 Å². The van der Waals surface area contributed by atoms with Crippen LogP contribution in [0.4, 0.5) is 13.2 Å². The van der Waals surface area contributed by atoms with E-state index in [0.717, 1.165) is 10.4 Å². The van der Waals surface area contributed by atoms with Gasteiger partial charge in [-0.25, -0.2) is 21.6 Å². The van der Waals surface area contributed by atoms with E-state index in [0.29, 0.717) is 19.2 Å². The fourth-order valence-electron chi connectivity index (χ4n) is 2.01. The van der Waals surface area contributed by atoms with Crippen molar-refractivity contribution in [2.75, 3.05) is 19.6 Å². The maximum absolute atomic E-state index is 13.6. The summed E-state index contributed by atoms with van der Waals surface area (Å²) in [4.78, 5) is -0.833. The second kappa shape index (κ2) is 5.10. The maximum atomic E-state index is 13.6. The van der Waals surface area contributed by atoms with Crippen LogP contribution in [-0.4, -0.2) is 38.4 Å². The van der Waals surface area contributed by atoms with Crippen LogP contribution in [0, 0.1) is 17.5 Å². The summed E-state index contributed by atoms with van der Waals surface area (Å²) in [5.41, 5.74) is 0. The van der Waals surface area contributed by atoms with Crippen LogP contribution in [0.2, 0.25) is 0 Å². The van der Waals surface area contributed by atoms with Crippen molar-refractivity contribution in [2.45, 2.75) is 17.9 Å².